The van der Waals surface area contributed by atoms with Crippen molar-refractivity contribution >= 4 is 17.6 Å². The third-order valence-corrected chi connectivity index (χ3v) is 6.87. The number of Topliss-reactive ketones (excluding diaryl/α,β-unsaturated/α-hetero) is 1. The highest BCUT2D eigenvalue weighted by atomic mass is 19.4. The van der Waals surface area contributed by atoms with Crippen LogP contribution in [0.25, 0.3) is 0 Å². The van der Waals surface area contributed by atoms with Gasteiger partial charge in [-0.3, -0.25) is 14.4 Å². The van der Waals surface area contributed by atoms with Crippen LogP contribution in [0.4, 0.5) is 17.6 Å². The van der Waals surface area contributed by atoms with E-state index in [4.69, 9.17) is 4.74 Å². The van der Waals surface area contributed by atoms with Crippen molar-refractivity contribution in [3.05, 3.63) is 76.7 Å². The maximum absolute atomic E-state index is 15.0. The van der Waals surface area contributed by atoms with Crippen LogP contribution in [0.1, 0.15) is 56.5 Å². The molecule has 0 fully saturated rings. The van der Waals surface area contributed by atoms with Gasteiger partial charge in [0.05, 0.1) is 11.7 Å². The molecule has 2 aromatic rings. The highest BCUT2D eigenvalue weighted by Gasteiger charge is 2.71. The monoisotopic (exact) mass is 546 g/mol. The largest absolute Gasteiger partial charge is 0.491 e. The van der Waals surface area contributed by atoms with Gasteiger partial charge in [0.25, 0.3) is 11.8 Å². The molecule has 0 spiro atoms. The molecule has 1 aliphatic carbocycles. The summed E-state index contributed by atoms with van der Waals surface area (Å²) in [5.41, 5.74) is -4.51. The number of amides is 2. The highest BCUT2D eigenvalue weighted by molar-refractivity contribution is 6.14. The Kier molecular flexibility index (Phi) is 7.35. The Hall–Kier alpha value is -3.69. The number of hydrogen-bond donors (Lipinski definition) is 1. The first kappa shape index (κ1) is 28.3. The molecule has 1 atom stereocenters. The van der Waals surface area contributed by atoms with Crippen LogP contribution in [0, 0.1) is 11.2 Å². The Balaban J connectivity index is 1.74. The number of alkyl halides is 3. The lowest BCUT2D eigenvalue weighted by Crippen LogP contribution is -2.66. The number of carbonyl (C=O) groups is 3. The number of hydrogen-bond acceptors (Lipinski definition) is 4. The van der Waals surface area contributed by atoms with Gasteiger partial charge >= 0.3 is 6.18 Å². The molecule has 0 saturated carbocycles. The average Bonchev–Trinajstić information content (AvgIpc) is 3.06. The molecule has 1 aliphatic heterocycles. The fourth-order valence-corrected chi connectivity index (χ4v) is 5.15. The van der Waals surface area contributed by atoms with Crippen molar-refractivity contribution in [3.8, 4) is 5.75 Å². The number of ketones is 1. The van der Waals surface area contributed by atoms with E-state index in [1.165, 1.54) is 48.5 Å². The van der Waals surface area contributed by atoms with E-state index in [1.807, 2.05) is 5.32 Å². The fraction of sp³-hybridized carbons (Fsp3) is 0.414. The average molecular weight is 547 g/mol. The summed E-state index contributed by atoms with van der Waals surface area (Å²) in [6.45, 7) is 6.90. The number of nitrogens with one attached hydrogen (secondary N) is 1. The number of allylic oxidation sites excluding steroid dienone is 1. The molecule has 1 unspecified atom stereocenters. The number of nitrogens with zero attached hydrogens (tertiary/aromatic N) is 1. The summed E-state index contributed by atoms with van der Waals surface area (Å²) >= 11 is 0. The minimum atomic E-state index is -5.30. The van der Waals surface area contributed by atoms with Crippen LogP contribution < -0.4 is 10.1 Å². The van der Waals surface area contributed by atoms with E-state index in [2.05, 4.69) is 0 Å². The van der Waals surface area contributed by atoms with E-state index in [0.29, 0.717) is 11.3 Å². The summed E-state index contributed by atoms with van der Waals surface area (Å²) in [7, 11) is 0. The van der Waals surface area contributed by atoms with Crippen molar-refractivity contribution in [2.75, 3.05) is 6.54 Å². The van der Waals surface area contributed by atoms with Crippen LogP contribution in [-0.4, -0.2) is 46.9 Å². The minimum absolute atomic E-state index is 0.0399. The molecule has 4 rings (SSSR count). The summed E-state index contributed by atoms with van der Waals surface area (Å²) in [6, 6.07) is 10.9. The highest BCUT2D eigenvalue weighted by Crippen LogP contribution is 2.51. The Morgan fingerprint density at radius 1 is 1.03 bits per heavy atom. The van der Waals surface area contributed by atoms with Crippen LogP contribution in [-0.2, 0) is 16.0 Å². The first-order chi connectivity index (χ1) is 18.1. The predicted molar refractivity (Wildman–Crippen MR) is 135 cm³/mol. The van der Waals surface area contributed by atoms with E-state index in [1.54, 1.807) is 27.7 Å². The molecule has 2 aliphatic rings. The van der Waals surface area contributed by atoms with Gasteiger partial charge in [0, 0.05) is 24.2 Å². The zero-order valence-electron chi connectivity index (χ0n) is 22.1. The molecular weight excluding hydrogens is 516 g/mol. The van der Waals surface area contributed by atoms with E-state index >= 15 is 0 Å². The maximum Gasteiger partial charge on any atom is 0.425 e. The van der Waals surface area contributed by atoms with Gasteiger partial charge in [0.2, 0.25) is 5.54 Å². The fourth-order valence-electron chi connectivity index (χ4n) is 5.15. The Labute approximate surface area is 224 Å². The normalized spacial score (nSPS) is 20.9. The zero-order valence-corrected chi connectivity index (χ0v) is 22.1. The van der Waals surface area contributed by atoms with Gasteiger partial charge in [0.15, 0.2) is 5.78 Å². The zero-order chi connectivity index (χ0) is 28.8. The molecule has 208 valence electrons. The third kappa shape index (κ3) is 5.42. The summed E-state index contributed by atoms with van der Waals surface area (Å²) in [6.07, 6.45) is -5.50. The lowest BCUT2D eigenvalue weighted by molar-refractivity contribution is -0.190. The van der Waals surface area contributed by atoms with Crippen molar-refractivity contribution in [1.82, 2.24) is 10.2 Å². The van der Waals surface area contributed by atoms with Crippen LogP contribution in [0.3, 0.4) is 0 Å². The molecular formula is C29H30F4N2O4. The summed E-state index contributed by atoms with van der Waals surface area (Å²) in [4.78, 5) is 41.1. The lowest BCUT2D eigenvalue weighted by Gasteiger charge is -2.35. The SMILES string of the molecule is CC(C)Oc1ccc(C(=O)NC2(C(F)(F)F)C(=O)N(CCc3ccc(F)cc3)C3=C2C(=O)CC(C)(C)C3)cc1. The molecule has 6 nitrogen and oxygen atoms in total. The van der Waals surface area contributed by atoms with Crippen molar-refractivity contribution in [3.63, 3.8) is 0 Å². The summed E-state index contributed by atoms with van der Waals surface area (Å²) < 4.78 is 63.7. The van der Waals surface area contributed by atoms with Gasteiger partial charge in [-0.1, -0.05) is 26.0 Å². The van der Waals surface area contributed by atoms with Gasteiger partial charge < -0.3 is 15.0 Å². The van der Waals surface area contributed by atoms with Crippen LogP contribution >= 0.6 is 0 Å². The topological polar surface area (TPSA) is 75.7 Å². The van der Waals surface area contributed by atoms with Crippen LogP contribution in [0.15, 0.2) is 59.8 Å². The van der Waals surface area contributed by atoms with Gasteiger partial charge in [-0.05, 0) is 74.1 Å². The maximum atomic E-state index is 15.0. The number of rotatable bonds is 7. The van der Waals surface area contributed by atoms with Crippen molar-refractivity contribution in [1.29, 1.82) is 0 Å². The van der Waals surface area contributed by atoms with Crippen molar-refractivity contribution < 1.29 is 36.7 Å². The predicted octanol–water partition coefficient (Wildman–Crippen LogP) is 5.37. The number of ether oxygens (including phenoxy) is 1. The number of benzene rings is 2. The van der Waals surface area contributed by atoms with Crippen LogP contribution in [0.5, 0.6) is 5.75 Å². The van der Waals surface area contributed by atoms with E-state index in [-0.39, 0.29) is 43.2 Å². The quantitative estimate of drug-likeness (QED) is 0.474. The molecule has 1 heterocycles. The van der Waals surface area contributed by atoms with Gasteiger partial charge in [-0.2, -0.15) is 13.2 Å². The first-order valence-corrected chi connectivity index (χ1v) is 12.6. The summed E-state index contributed by atoms with van der Waals surface area (Å²) in [5.74, 6) is -3.46. The van der Waals surface area contributed by atoms with Gasteiger partial charge in [-0.25, -0.2) is 4.39 Å². The standard InChI is InChI=1S/C29H30F4N2O4/c1-17(2)39-21-11-7-19(8-12-21)25(37)34-28(29(31,32)33)24-22(15-27(3,4)16-23(24)36)35(26(28)38)14-13-18-5-9-20(30)10-6-18/h5-12,17H,13-16H2,1-4H3,(H,34,37). The van der Waals surface area contributed by atoms with Gasteiger partial charge in [-0.15, -0.1) is 0 Å². The van der Waals surface area contributed by atoms with Crippen LogP contribution in [0.2, 0.25) is 0 Å². The molecule has 2 amide bonds. The molecule has 0 bridgehead atoms. The molecule has 0 radical (unpaired) electrons. The molecule has 1 N–H and O–H groups in total. The second-order valence-electron chi connectivity index (χ2n) is 11.0. The van der Waals surface area contributed by atoms with E-state index in [0.717, 1.165) is 4.90 Å². The lowest BCUT2D eigenvalue weighted by atomic mass is 9.72. The first-order valence-electron chi connectivity index (χ1n) is 12.6. The number of halogens is 4. The summed E-state index contributed by atoms with van der Waals surface area (Å²) in [5, 5.41) is 1.93. The second kappa shape index (κ2) is 10.1. The Bertz CT molecular complexity index is 1310. The second-order valence-corrected chi connectivity index (χ2v) is 11.0. The van der Waals surface area contributed by atoms with Crippen molar-refractivity contribution in [2.24, 2.45) is 5.41 Å². The van der Waals surface area contributed by atoms with Gasteiger partial charge in [0.1, 0.15) is 11.6 Å². The third-order valence-electron chi connectivity index (χ3n) is 6.87. The van der Waals surface area contributed by atoms with E-state index in [9.17, 15) is 31.9 Å². The minimum Gasteiger partial charge on any atom is -0.491 e. The Morgan fingerprint density at radius 2 is 1.64 bits per heavy atom. The number of carbonyl (C=O) groups excluding carboxylic acids is 3. The molecule has 2 aromatic carbocycles. The van der Waals surface area contributed by atoms with E-state index < -0.39 is 46.1 Å². The van der Waals surface area contributed by atoms with Crippen molar-refractivity contribution in [2.45, 2.75) is 64.8 Å². The molecule has 0 saturated heterocycles. The molecule has 0 aromatic heterocycles. The smallest absolute Gasteiger partial charge is 0.425 e. The molecule has 10 heteroatoms. The molecule has 39 heavy (non-hydrogen) atoms. The Morgan fingerprint density at radius 3 is 2.21 bits per heavy atom.